The van der Waals surface area contributed by atoms with Gasteiger partial charge in [0, 0.05) is 29.5 Å². The van der Waals surface area contributed by atoms with Gasteiger partial charge in [0.25, 0.3) is 0 Å². The number of aromatic nitrogens is 1. The van der Waals surface area contributed by atoms with Crippen LogP contribution >= 0.6 is 15.9 Å². The highest BCUT2D eigenvalue weighted by atomic mass is 79.9. The first-order valence-electron chi connectivity index (χ1n) is 3.30. The largest absolute Gasteiger partial charge is 0.329 e. The molecule has 60 valence electrons. The van der Waals surface area contributed by atoms with Crippen molar-refractivity contribution in [2.24, 2.45) is 11.5 Å². The minimum Gasteiger partial charge on any atom is -0.329 e. The molecule has 0 spiro atoms. The maximum atomic E-state index is 5.71. The Bertz CT molecular complexity index is 239. The normalized spacial score (nSPS) is 13.0. The summed E-state index contributed by atoms with van der Waals surface area (Å²) in [4.78, 5) is 3.92. The van der Waals surface area contributed by atoms with E-state index in [0.717, 1.165) is 10.0 Å². The highest BCUT2D eigenvalue weighted by Crippen LogP contribution is 2.19. The SMILES string of the molecule is NC[C@@H](N)c1ccncc1Br. The van der Waals surface area contributed by atoms with Crippen molar-refractivity contribution in [1.29, 1.82) is 0 Å². The lowest BCUT2D eigenvalue weighted by Gasteiger charge is -2.09. The summed E-state index contributed by atoms with van der Waals surface area (Å²) >= 11 is 3.34. The van der Waals surface area contributed by atoms with Gasteiger partial charge in [-0.1, -0.05) is 0 Å². The van der Waals surface area contributed by atoms with Crippen LogP contribution in [-0.4, -0.2) is 11.5 Å². The van der Waals surface area contributed by atoms with Crippen molar-refractivity contribution in [2.45, 2.75) is 6.04 Å². The third-order valence-electron chi connectivity index (χ3n) is 1.46. The minimum atomic E-state index is -0.104. The topological polar surface area (TPSA) is 64.9 Å². The maximum Gasteiger partial charge on any atom is 0.0431 e. The second-order valence-electron chi connectivity index (χ2n) is 2.24. The summed E-state index contributed by atoms with van der Waals surface area (Å²) < 4.78 is 0.915. The number of nitrogens with zero attached hydrogens (tertiary/aromatic N) is 1. The number of rotatable bonds is 2. The smallest absolute Gasteiger partial charge is 0.0431 e. The van der Waals surface area contributed by atoms with E-state index in [9.17, 15) is 0 Å². The van der Waals surface area contributed by atoms with E-state index in [1.807, 2.05) is 6.07 Å². The van der Waals surface area contributed by atoms with Crippen molar-refractivity contribution < 1.29 is 0 Å². The van der Waals surface area contributed by atoms with Crippen molar-refractivity contribution in [3.05, 3.63) is 28.5 Å². The van der Waals surface area contributed by atoms with Gasteiger partial charge in [0.15, 0.2) is 0 Å². The first-order chi connectivity index (χ1) is 5.25. The first-order valence-corrected chi connectivity index (χ1v) is 4.10. The van der Waals surface area contributed by atoms with Gasteiger partial charge in [-0.2, -0.15) is 0 Å². The van der Waals surface area contributed by atoms with Crippen LogP contribution in [0.25, 0.3) is 0 Å². The molecule has 0 unspecified atom stereocenters. The van der Waals surface area contributed by atoms with E-state index in [0.29, 0.717) is 6.54 Å². The molecule has 0 radical (unpaired) electrons. The molecular weight excluding hydrogens is 206 g/mol. The van der Waals surface area contributed by atoms with E-state index in [1.165, 1.54) is 0 Å². The summed E-state index contributed by atoms with van der Waals surface area (Å²) in [6.45, 7) is 0.447. The number of halogens is 1. The Balaban J connectivity index is 2.93. The number of hydrogen-bond acceptors (Lipinski definition) is 3. The second kappa shape index (κ2) is 3.80. The van der Waals surface area contributed by atoms with Crippen LogP contribution in [-0.2, 0) is 0 Å². The molecule has 1 heterocycles. The minimum absolute atomic E-state index is 0.104. The van der Waals surface area contributed by atoms with Crippen LogP contribution in [0.1, 0.15) is 11.6 Å². The summed E-state index contributed by atoms with van der Waals surface area (Å²) in [6, 6.07) is 1.76. The zero-order valence-corrected chi connectivity index (χ0v) is 7.58. The monoisotopic (exact) mass is 215 g/mol. The number of hydrogen-bond donors (Lipinski definition) is 2. The molecule has 1 rings (SSSR count). The fourth-order valence-electron chi connectivity index (χ4n) is 0.814. The van der Waals surface area contributed by atoms with Crippen LogP contribution in [0.4, 0.5) is 0 Å². The molecular formula is C7H10BrN3. The van der Waals surface area contributed by atoms with E-state index >= 15 is 0 Å². The number of pyridine rings is 1. The lowest BCUT2D eigenvalue weighted by atomic mass is 10.1. The van der Waals surface area contributed by atoms with Gasteiger partial charge in [-0.3, -0.25) is 4.98 Å². The molecule has 0 saturated heterocycles. The molecule has 1 atom stereocenters. The Morgan fingerprint density at radius 3 is 2.91 bits per heavy atom. The molecule has 0 aliphatic rings. The van der Waals surface area contributed by atoms with Crippen LogP contribution in [0, 0.1) is 0 Å². The Morgan fingerprint density at radius 1 is 1.64 bits per heavy atom. The summed E-state index contributed by atoms with van der Waals surface area (Å²) in [6.07, 6.45) is 3.42. The van der Waals surface area contributed by atoms with Crippen LogP contribution < -0.4 is 11.5 Å². The molecule has 0 fully saturated rings. The highest BCUT2D eigenvalue weighted by Gasteiger charge is 2.06. The fourth-order valence-corrected chi connectivity index (χ4v) is 1.36. The predicted molar refractivity (Wildman–Crippen MR) is 47.9 cm³/mol. The molecule has 3 nitrogen and oxygen atoms in total. The molecule has 11 heavy (non-hydrogen) atoms. The van der Waals surface area contributed by atoms with Gasteiger partial charge < -0.3 is 11.5 Å². The van der Waals surface area contributed by atoms with Gasteiger partial charge in [-0.25, -0.2) is 0 Å². The Morgan fingerprint density at radius 2 is 2.36 bits per heavy atom. The van der Waals surface area contributed by atoms with Crippen molar-refractivity contribution >= 4 is 15.9 Å². The third-order valence-corrected chi connectivity index (χ3v) is 2.12. The van der Waals surface area contributed by atoms with Crippen molar-refractivity contribution in [1.82, 2.24) is 4.98 Å². The summed E-state index contributed by atoms with van der Waals surface area (Å²) in [5.74, 6) is 0. The van der Waals surface area contributed by atoms with Gasteiger partial charge in [-0.15, -0.1) is 0 Å². The van der Waals surface area contributed by atoms with E-state index < -0.39 is 0 Å². The van der Waals surface area contributed by atoms with Crippen molar-refractivity contribution in [3.63, 3.8) is 0 Å². The van der Waals surface area contributed by atoms with Crippen LogP contribution in [0.5, 0.6) is 0 Å². The molecule has 0 saturated carbocycles. The third kappa shape index (κ3) is 1.99. The molecule has 1 aromatic heterocycles. The Labute approximate surface area is 73.9 Å². The van der Waals surface area contributed by atoms with Gasteiger partial charge in [0.1, 0.15) is 0 Å². The average molecular weight is 216 g/mol. The van der Waals surface area contributed by atoms with Crippen LogP contribution in [0.2, 0.25) is 0 Å². The molecule has 0 aliphatic heterocycles. The molecule has 0 aliphatic carbocycles. The van der Waals surface area contributed by atoms with Gasteiger partial charge in [-0.05, 0) is 27.6 Å². The zero-order chi connectivity index (χ0) is 8.27. The van der Waals surface area contributed by atoms with E-state index in [2.05, 4.69) is 20.9 Å². The summed E-state index contributed by atoms with van der Waals surface area (Å²) in [5, 5.41) is 0. The Kier molecular flexibility index (Phi) is 2.99. The first kappa shape index (κ1) is 8.64. The van der Waals surface area contributed by atoms with Gasteiger partial charge in [0.2, 0.25) is 0 Å². The molecule has 0 aromatic carbocycles. The molecule has 0 amide bonds. The van der Waals surface area contributed by atoms with Crippen LogP contribution in [0.3, 0.4) is 0 Å². The standard InChI is InChI=1S/C7H10BrN3/c8-6-4-11-2-1-5(6)7(10)3-9/h1-2,4,7H,3,9-10H2/t7-/m1/s1. The molecule has 4 heteroatoms. The van der Waals surface area contributed by atoms with Crippen molar-refractivity contribution in [2.75, 3.05) is 6.54 Å². The molecule has 0 bridgehead atoms. The van der Waals surface area contributed by atoms with Gasteiger partial charge >= 0.3 is 0 Å². The number of nitrogens with two attached hydrogens (primary N) is 2. The quantitative estimate of drug-likeness (QED) is 0.768. The molecule has 4 N–H and O–H groups in total. The second-order valence-corrected chi connectivity index (χ2v) is 3.09. The lowest BCUT2D eigenvalue weighted by Crippen LogP contribution is -2.21. The fraction of sp³-hybridized carbons (Fsp3) is 0.286. The molecule has 1 aromatic rings. The highest BCUT2D eigenvalue weighted by molar-refractivity contribution is 9.10. The Hall–Kier alpha value is -0.450. The van der Waals surface area contributed by atoms with Gasteiger partial charge in [0.05, 0.1) is 0 Å². The van der Waals surface area contributed by atoms with E-state index in [-0.39, 0.29) is 6.04 Å². The zero-order valence-electron chi connectivity index (χ0n) is 6.00. The van der Waals surface area contributed by atoms with E-state index in [4.69, 9.17) is 11.5 Å². The summed E-state index contributed by atoms with van der Waals surface area (Å²) in [5.41, 5.74) is 12.1. The maximum absolute atomic E-state index is 5.71. The average Bonchev–Trinajstić information content (AvgIpc) is 2.04. The predicted octanol–water partition coefficient (Wildman–Crippen LogP) is 0.803. The van der Waals surface area contributed by atoms with E-state index in [1.54, 1.807) is 12.4 Å². The van der Waals surface area contributed by atoms with Crippen LogP contribution in [0.15, 0.2) is 22.9 Å². The summed E-state index contributed by atoms with van der Waals surface area (Å²) in [7, 11) is 0. The lowest BCUT2D eigenvalue weighted by molar-refractivity contribution is 0.732. The van der Waals surface area contributed by atoms with Crippen molar-refractivity contribution in [3.8, 4) is 0 Å².